The molecule has 4 fully saturated rings. The van der Waals surface area contributed by atoms with Crippen molar-refractivity contribution in [1.29, 1.82) is 0 Å². The molecule has 336 valence electrons. The minimum Gasteiger partial charge on any atom is -0.506 e. The number of rotatable bonds is 15. The molecule has 6 aromatic rings. The van der Waals surface area contributed by atoms with Gasteiger partial charge in [-0.1, -0.05) is 72.8 Å². The van der Waals surface area contributed by atoms with Gasteiger partial charge >= 0.3 is 12.1 Å². The van der Waals surface area contributed by atoms with Crippen molar-refractivity contribution in [3.8, 4) is 11.5 Å². The van der Waals surface area contributed by atoms with Gasteiger partial charge in [-0.25, -0.2) is 9.59 Å². The Morgan fingerprint density at radius 3 is 2.25 bits per heavy atom. The van der Waals surface area contributed by atoms with Crippen LogP contribution in [0.25, 0.3) is 10.9 Å². The lowest BCUT2D eigenvalue weighted by atomic mass is 9.86. The summed E-state index contributed by atoms with van der Waals surface area (Å²) >= 11 is 0. The van der Waals surface area contributed by atoms with Crippen LogP contribution in [0, 0.1) is 5.92 Å². The number of ether oxygens (including phenoxy) is 3. The van der Waals surface area contributed by atoms with Gasteiger partial charge in [0.1, 0.15) is 30.3 Å². The molecule has 10 rings (SSSR count). The highest BCUT2D eigenvalue weighted by Gasteiger charge is 2.37. The molecule has 0 spiro atoms. The van der Waals surface area contributed by atoms with Gasteiger partial charge in [0.05, 0.1) is 23.2 Å². The lowest BCUT2D eigenvalue weighted by molar-refractivity contribution is -0.0336. The fourth-order valence-electron chi connectivity index (χ4n) is 9.31. The number of piperidine rings is 4. The van der Waals surface area contributed by atoms with Crippen molar-refractivity contribution in [2.45, 2.75) is 63.2 Å². The highest BCUT2D eigenvalue weighted by molar-refractivity contribution is 5.89. The Morgan fingerprint density at radius 1 is 0.769 bits per heavy atom. The van der Waals surface area contributed by atoms with Crippen LogP contribution in [-0.4, -0.2) is 83.6 Å². The van der Waals surface area contributed by atoms with E-state index >= 15 is 0 Å². The van der Waals surface area contributed by atoms with Crippen molar-refractivity contribution in [3.05, 3.63) is 171 Å². The quantitative estimate of drug-likeness (QED) is 0.0655. The summed E-state index contributed by atoms with van der Waals surface area (Å²) in [6.45, 7) is 5.62. The number of phenolic OH excluding ortho intramolecular Hbond substituents is 1. The number of anilines is 1. The van der Waals surface area contributed by atoms with Gasteiger partial charge in [-0.05, 0) is 108 Å². The number of nitrogens with one attached hydrogen (secondary N) is 3. The summed E-state index contributed by atoms with van der Waals surface area (Å²) in [5, 5.41) is 28.1. The molecule has 1 aromatic heterocycles. The zero-order valence-corrected chi connectivity index (χ0v) is 36.2. The van der Waals surface area contributed by atoms with Crippen LogP contribution in [0.4, 0.5) is 10.5 Å². The fraction of sp³-hybridized carbons (Fsp3) is 0.327. The Morgan fingerprint density at radius 2 is 1.51 bits per heavy atom. The van der Waals surface area contributed by atoms with Gasteiger partial charge in [0.25, 0.3) is 0 Å². The monoisotopic (exact) mass is 877 g/mol. The van der Waals surface area contributed by atoms with E-state index in [2.05, 4.69) is 49.7 Å². The van der Waals surface area contributed by atoms with Gasteiger partial charge in [0.15, 0.2) is 0 Å². The number of aromatic amines is 1. The van der Waals surface area contributed by atoms with Crippen molar-refractivity contribution in [2.75, 3.05) is 44.2 Å². The van der Waals surface area contributed by atoms with E-state index in [-0.39, 0.29) is 36.0 Å². The van der Waals surface area contributed by atoms with Gasteiger partial charge in [-0.3, -0.25) is 9.69 Å². The van der Waals surface area contributed by atoms with E-state index in [0.717, 1.165) is 86.3 Å². The molecule has 4 aliphatic heterocycles. The lowest BCUT2D eigenvalue weighted by Crippen LogP contribution is -2.52. The zero-order chi connectivity index (χ0) is 44.7. The first kappa shape index (κ1) is 43.6. The summed E-state index contributed by atoms with van der Waals surface area (Å²) in [7, 11) is 0. The molecule has 3 atom stereocenters. The Labute approximate surface area is 378 Å². The largest absolute Gasteiger partial charge is 0.506 e. The Bertz CT molecular complexity index is 2620. The molecule has 65 heavy (non-hydrogen) atoms. The average Bonchev–Trinajstić information content (AvgIpc) is 3.34. The standard InChI is InChI=1S/C52H55N5O8/c58-45-19-17-43(44-18-20-48(60)54-50(44)45)46(59)31-53-30-34-11-15-40(16-12-34)57-27-23-41(24-28-57)64-51(61)38-13-9-35(10-14-38)33-63-42-8-4-7-39(29-42)49(37-5-2-1-3-6-37)55-52(62)65-47-32-56-25-21-36(47)22-26-56/h1-20,29,36,41,46-47,49,53,58-59H,21-28,30-33H2,(H,54,60)(H,55,62)/t46-,47-,49?/m0/s1. The van der Waals surface area contributed by atoms with Crippen LogP contribution in [0.15, 0.2) is 132 Å². The number of carbonyl (C=O) groups is 2. The molecule has 4 saturated heterocycles. The topological polar surface area (TPSA) is 166 Å². The second kappa shape index (κ2) is 20.0. The van der Waals surface area contributed by atoms with Gasteiger partial charge in [0, 0.05) is 62.7 Å². The maximum absolute atomic E-state index is 13.3. The van der Waals surface area contributed by atoms with Crippen molar-refractivity contribution < 1.29 is 34.0 Å². The number of hydrogen-bond donors (Lipinski definition) is 5. The molecule has 5 aromatic carbocycles. The predicted molar refractivity (Wildman–Crippen MR) is 248 cm³/mol. The number of pyridine rings is 1. The van der Waals surface area contributed by atoms with Crippen molar-refractivity contribution in [1.82, 2.24) is 20.5 Å². The van der Waals surface area contributed by atoms with Crippen LogP contribution >= 0.6 is 0 Å². The summed E-state index contributed by atoms with van der Waals surface area (Å²) in [6, 6.07) is 38.9. The van der Waals surface area contributed by atoms with Gasteiger partial charge in [0.2, 0.25) is 5.56 Å². The Kier molecular flexibility index (Phi) is 13.4. The number of fused-ring (bicyclic) bond motifs is 4. The number of H-pyrrole nitrogens is 1. The van der Waals surface area contributed by atoms with Crippen LogP contribution in [0.5, 0.6) is 11.5 Å². The first-order valence-electron chi connectivity index (χ1n) is 22.6. The van der Waals surface area contributed by atoms with E-state index in [1.807, 2.05) is 66.7 Å². The molecule has 0 aliphatic carbocycles. The minimum absolute atomic E-state index is 0.0414. The summed E-state index contributed by atoms with van der Waals surface area (Å²) in [5.41, 5.74) is 5.98. The molecule has 4 aliphatic rings. The van der Waals surface area contributed by atoms with Gasteiger partial charge in [-0.15, -0.1) is 0 Å². The second-order valence-corrected chi connectivity index (χ2v) is 17.3. The number of aromatic nitrogens is 1. The molecule has 1 amide bonds. The fourth-order valence-corrected chi connectivity index (χ4v) is 9.31. The molecule has 13 heteroatoms. The summed E-state index contributed by atoms with van der Waals surface area (Å²) in [6.07, 6.45) is 2.07. The van der Waals surface area contributed by atoms with Crippen LogP contribution in [0.1, 0.15) is 76.0 Å². The number of aromatic hydroxyl groups is 1. The SMILES string of the molecule is O=C(NC(c1ccccc1)c1cccc(OCc2ccc(C(=O)OC3CCN(c4ccc(CNC[C@H](O)c5ccc(O)c6[nH]c(=O)ccc56)cc4)CC3)cc2)c1)O[C@H]1CN2CCC1CC2. The number of nitrogens with zero attached hydrogens (tertiary/aromatic N) is 2. The molecule has 1 unspecified atom stereocenters. The van der Waals surface area contributed by atoms with Crippen LogP contribution in [0.2, 0.25) is 0 Å². The van der Waals surface area contributed by atoms with E-state index in [1.165, 1.54) is 12.1 Å². The smallest absolute Gasteiger partial charge is 0.408 e. The molecule has 13 nitrogen and oxygen atoms in total. The van der Waals surface area contributed by atoms with Gasteiger partial charge < -0.3 is 44.9 Å². The maximum atomic E-state index is 13.3. The first-order chi connectivity index (χ1) is 31.7. The molecule has 0 radical (unpaired) electrons. The number of phenols is 1. The van der Waals surface area contributed by atoms with Crippen LogP contribution in [-0.2, 0) is 22.6 Å². The number of aliphatic hydroxyl groups is 1. The number of carbonyl (C=O) groups excluding carboxylic acids is 2. The molecule has 5 heterocycles. The van der Waals surface area contributed by atoms with E-state index in [9.17, 15) is 24.6 Å². The van der Waals surface area contributed by atoms with E-state index < -0.39 is 18.2 Å². The first-order valence-corrected chi connectivity index (χ1v) is 22.6. The highest BCUT2D eigenvalue weighted by Crippen LogP contribution is 2.32. The number of hydrogen-bond acceptors (Lipinski definition) is 11. The second-order valence-electron chi connectivity index (χ2n) is 17.3. The number of aliphatic hydroxyl groups excluding tert-OH is 1. The summed E-state index contributed by atoms with van der Waals surface area (Å²) in [5.74, 6) is 0.697. The third kappa shape index (κ3) is 10.7. The molecular formula is C52H55N5O8. The van der Waals surface area contributed by atoms with Crippen LogP contribution in [0.3, 0.4) is 0 Å². The number of benzene rings is 5. The van der Waals surface area contributed by atoms with E-state index in [4.69, 9.17) is 14.2 Å². The van der Waals surface area contributed by atoms with Crippen molar-refractivity contribution in [3.63, 3.8) is 0 Å². The predicted octanol–water partition coefficient (Wildman–Crippen LogP) is 7.37. The van der Waals surface area contributed by atoms with E-state index in [0.29, 0.717) is 46.8 Å². The molecule has 2 bridgehead atoms. The number of alkyl carbamates (subject to hydrolysis) is 1. The van der Waals surface area contributed by atoms with Crippen LogP contribution < -0.4 is 25.8 Å². The Balaban J connectivity index is 0.718. The number of esters is 1. The third-order valence-electron chi connectivity index (χ3n) is 13.0. The van der Waals surface area contributed by atoms with Crippen molar-refractivity contribution >= 4 is 28.7 Å². The summed E-state index contributed by atoms with van der Waals surface area (Å²) < 4.78 is 18.1. The number of amides is 1. The van der Waals surface area contributed by atoms with Crippen molar-refractivity contribution in [2.24, 2.45) is 5.92 Å². The molecule has 5 N–H and O–H groups in total. The zero-order valence-electron chi connectivity index (χ0n) is 36.2. The maximum Gasteiger partial charge on any atom is 0.408 e. The van der Waals surface area contributed by atoms with Gasteiger partial charge in [-0.2, -0.15) is 0 Å². The van der Waals surface area contributed by atoms with E-state index in [1.54, 1.807) is 24.3 Å². The minimum atomic E-state index is -0.836. The lowest BCUT2D eigenvalue weighted by Gasteiger charge is -2.43. The Hall–Kier alpha value is -6.67. The third-order valence-corrected chi connectivity index (χ3v) is 13.0. The molecular weight excluding hydrogens is 823 g/mol. The average molecular weight is 878 g/mol. The summed E-state index contributed by atoms with van der Waals surface area (Å²) in [4.78, 5) is 45.5. The normalized spacial score (nSPS) is 19.3. The molecule has 0 saturated carbocycles. The highest BCUT2D eigenvalue weighted by atomic mass is 16.6.